The first-order valence-electron chi connectivity index (χ1n) is 8.45. The maximum Gasteiger partial charge on any atom is 0.282 e. The molecular formula is C19H20ClN3O3. The standard InChI is InChI=1S/C19H20ClN3O3/c1-14-3-2-4-15(11-14)13-21-7-9-22(10-8-21)19(24)17-12-16(20)5-6-18(17)23(25)26/h2-6,11-12H,7-10,13H2,1H3. The summed E-state index contributed by atoms with van der Waals surface area (Å²) in [5.74, 6) is -0.339. The Labute approximate surface area is 157 Å². The highest BCUT2D eigenvalue weighted by Gasteiger charge is 2.27. The molecule has 1 fully saturated rings. The van der Waals surface area contributed by atoms with Crippen LogP contribution in [-0.4, -0.2) is 46.8 Å². The third-order valence-corrected chi connectivity index (χ3v) is 4.77. The van der Waals surface area contributed by atoms with Crippen molar-refractivity contribution in [2.75, 3.05) is 26.2 Å². The lowest BCUT2D eigenvalue weighted by atomic mass is 10.1. The summed E-state index contributed by atoms with van der Waals surface area (Å²) in [5, 5.41) is 11.5. The molecule has 3 rings (SSSR count). The number of rotatable bonds is 4. The average molecular weight is 374 g/mol. The van der Waals surface area contributed by atoms with Crippen molar-refractivity contribution in [3.05, 3.63) is 74.3 Å². The Kier molecular flexibility index (Phi) is 5.54. The number of hydrogen-bond donors (Lipinski definition) is 0. The molecule has 0 bridgehead atoms. The van der Waals surface area contributed by atoms with Gasteiger partial charge in [-0.2, -0.15) is 0 Å². The van der Waals surface area contributed by atoms with Gasteiger partial charge in [-0.15, -0.1) is 0 Å². The van der Waals surface area contributed by atoms with E-state index in [1.165, 1.54) is 29.3 Å². The fourth-order valence-electron chi connectivity index (χ4n) is 3.19. The molecule has 1 heterocycles. The molecule has 0 saturated carbocycles. The molecule has 0 atom stereocenters. The van der Waals surface area contributed by atoms with Crippen molar-refractivity contribution in [2.24, 2.45) is 0 Å². The van der Waals surface area contributed by atoms with Crippen molar-refractivity contribution in [1.29, 1.82) is 0 Å². The summed E-state index contributed by atoms with van der Waals surface area (Å²) in [7, 11) is 0. The molecule has 1 aliphatic heterocycles. The van der Waals surface area contributed by atoms with E-state index in [-0.39, 0.29) is 17.2 Å². The van der Waals surface area contributed by atoms with Crippen LogP contribution >= 0.6 is 11.6 Å². The molecule has 1 saturated heterocycles. The lowest BCUT2D eigenvalue weighted by molar-refractivity contribution is -0.385. The van der Waals surface area contributed by atoms with E-state index < -0.39 is 4.92 Å². The van der Waals surface area contributed by atoms with E-state index in [4.69, 9.17) is 11.6 Å². The van der Waals surface area contributed by atoms with Gasteiger partial charge in [-0.05, 0) is 24.6 Å². The summed E-state index contributed by atoms with van der Waals surface area (Å²) in [6.45, 7) is 5.43. The molecule has 26 heavy (non-hydrogen) atoms. The van der Waals surface area contributed by atoms with Gasteiger partial charge in [0, 0.05) is 43.8 Å². The SMILES string of the molecule is Cc1cccc(CN2CCN(C(=O)c3cc(Cl)ccc3[N+](=O)[O-])CC2)c1. The molecule has 2 aromatic rings. The van der Waals surface area contributed by atoms with Crippen LogP contribution in [0.2, 0.25) is 5.02 Å². The minimum Gasteiger partial charge on any atom is -0.336 e. The Balaban J connectivity index is 1.66. The summed E-state index contributed by atoms with van der Waals surface area (Å²) < 4.78 is 0. The number of nitrogens with zero attached hydrogens (tertiary/aromatic N) is 3. The molecule has 0 aromatic heterocycles. The van der Waals surface area contributed by atoms with Crippen LogP contribution in [0, 0.1) is 17.0 Å². The number of halogens is 1. The van der Waals surface area contributed by atoms with Gasteiger partial charge in [0.2, 0.25) is 0 Å². The van der Waals surface area contributed by atoms with E-state index in [1.54, 1.807) is 4.90 Å². The minimum atomic E-state index is -0.544. The van der Waals surface area contributed by atoms with Crippen molar-refractivity contribution < 1.29 is 9.72 Å². The average Bonchev–Trinajstić information content (AvgIpc) is 2.61. The van der Waals surface area contributed by atoms with Crippen LogP contribution in [0.4, 0.5) is 5.69 Å². The highest BCUT2D eigenvalue weighted by molar-refractivity contribution is 6.31. The predicted molar refractivity (Wildman–Crippen MR) is 100 cm³/mol. The van der Waals surface area contributed by atoms with Gasteiger partial charge in [0.25, 0.3) is 11.6 Å². The van der Waals surface area contributed by atoms with Crippen molar-refractivity contribution >= 4 is 23.2 Å². The number of amides is 1. The summed E-state index contributed by atoms with van der Waals surface area (Å²) >= 11 is 5.93. The maximum atomic E-state index is 12.7. The zero-order valence-corrected chi connectivity index (χ0v) is 15.3. The number of nitro benzene ring substituents is 1. The second-order valence-electron chi connectivity index (χ2n) is 6.48. The maximum absolute atomic E-state index is 12.7. The van der Waals surface area contributed by atoms with Gasteiger partial charge < -0.3 is 4.90 Å². The third-order valence-electron chi connectivity index (χ3n) is 4.53. The van der Waals surface area contributed by atoms with Gasteiger partial charge in [-0.1, -0.05) is 41.4 Å². The minimum absolute atomic E-state index is 0.0506. The number of carbonyl (C=O) groups excluding carboxylic acids is 1. The first-order chi connectivity index (χ1) is 12.4. The summed E-state index contributed by atoms with van der Waals surface area (Å²) in [6.07, 6.45) is 0. The summed E-state index contributed by atoms with van der Waals surface area (Å²) in [6, 6.07) is 12.5. The predicted octanol–water partition coefficient (Wildman–Crippen LogP) is 3.51. The molecule has 6 nitrogen and oxygen atoms in total. The zero-order valence-electron chi connectivity index (χ0n) is 14.5. The van der Waals surface area contributed by atoms with Crippen LogP contribution in [-0.2, 0) is 6.54 Å². The smallest absolute Gasteiger partial charge is 0.282 e. The van der Waals surface area contributed by atoms with Gasteiger partial charge in [0.15, 0.2) is 0 Å². The Morgan fingerprint density at radius 2 is 1.88 bits per heavy atom. The number of piperazine rings is 1. The van der Waals surface area contributed by atoms with Crippen LogP contribution in [0.5, 0.6) is 0 Å². The van der Waals surface area contributed by atoms with Crippen LogP contribution < -0.4 is 0 Å². The van der Waals surface area contributed by atoms with Crippen molar-refractivity contribution in [3.63, 3.8) is 0 Å². The van der Waals surface area contributed by atoms with Gasteiger partial charge in [-0.25, -0.2) is 0 Å². The molecule has 0 spiro atoms. The normalized spacial score (nSPS) is 15.1. The van der Waals surface area contributed by atoms with Crippen LogP contribution in [0.25, 0.3) is 0 Å². The Morgan fingerprint density at radius 1 is 1.15 bits per heavy atom. The molecule has 1 aliphatic rings. The van der Waals surface area contributed by atoms with Gasteiger partial charge >= 0.3 is 0 Å². The first-order valence-corrected chi connectivity index (χ1v) is 8.83. The topological polar surface area (TPSA) is 66.7 Å². The molecule has 0 radical (unpaired) electrons. The van der Waals surface area contributed by atoms with E-state index in [2.05, 4.69) is 30.0 Å². The highest BCUT2D eigenvalue weighted by Crippen LogP contribution is 2.24. The largest absolute Gasteiger partial charge is 0.336 e. The fourth-order valence-corrected chi connectivity index (χ4v) is 3.36. The molecule has 2 aromatic carbocycles. The summed E-state index contributed by atoms with van der Waals surface area (Å²) in [5.41, 5.74) is 2.32. The zero-order chi connectivity index (χ0) is 18.7. The number of benzene rings is 2. The van der Waals surface area contributed by atoms with E-state index >= 15 is 0 Å². The third kappa shape index (κ3) is 4.20. The van der Waals surface area contributed by atoms with Crippen molar-refractivity contribution in [2.45, 2.75) is 13.5 Å². The molecule has 0 unspecified atom stereocenters. The molecule has 7 heteroatoms. The Bertz CT molecular complexity index is 833. The number of hydrogen-bond acceptors (Lipinski definition) is 4. The van der Waals surface area contributed by atoms with Crippen LogP contribution in [0.1, 0.15) is 21.5 Å². The monoisotopic (exact) mass is 373 g/mol. The highest BCUT2D eigenvalue weighted by atomic mass is 35.5. The molecule has 1 amide bonds. The number of aryl methyl sites for hydroxylation is 1. The van der Waals surface area contributed by atoms with Crippen molar-refractivity contribution in [1.82, 2.24) is 9.80 Å². The van der Waals surface area contributed by atoms with Gasteiger partial charge in [-0.3, -0.25) is 19.8 Å². The second-order valence-corrected chi connectivity index (χ2v) is 6.91. The van der Waals surface area contributed by atoms with Gasteiger partial charge in [0.05, 0.1) is 4.92 Å². The Morgan fingerprint density at radius 3 is 2.54 bits per heavy atom. The molecule has 0 N–H and O–H groups in total. The lowest BCUT2D eigenvalue weighted by Gasteiger charge is -2.34. The molecular weight excluding hydrogens is 354 g/mol. The number of carbonyl (C=O) groups is 1. The lowest BCUT2D eigenvalue weighted by Crippen LogP contribution is -2.48. The first kappa shape index (κ1) is 18.4. The fraction of sp³-hybridized carbons (Fsp3) is 0.316. The quantitative estimate of drug-likeness (QED) is 0.607. The van der Waals surface area contributed by atoms with Crippen LogP contribution in [0.3, 0.4) is 0 Å². The van der Waals surface area contributed by atoms with E-state index in [0.29, 0.717) is 18.1 Å². The van der Waals surface area contributed by atoms with E-state index in [1.807, 2.05) is 6.07 Å². The van der Waals surface area contributed by atoms with Crippen molar-refractivity contribution in [3.8, 4) is 0 Å². The second kappa shape index (κ2) is 7.85. The number of nitro groups is 1. The van der Waals surface area contributed by atoms with Gasteiger partial charge in [0.1, 0.15) is 5.56 Å². The molecule has 136 valence electrons. The Hall–Kier alpha value is -2.44. The summed E-state index contributed by atoms with van der Waals surface area (Å²) in [4.78, 5) is 27.3. The van der Waals surface area contributed by atoms with E-state index in [9.17, 15) is 14.9 Å². The molecule has 0 aliphatic carbocycles. The van der Waals surface area contributed by atoms with E-state index in [0.717, 1.165) is 19.6 Å². The van der Waals surface area contributed by atoms with Crippen LogP contribution in [0.15, 0.2) is 42.5 Å².